The number of aromatic hydroxyl groups is 1. The fourth-order valence-corrected chi connectivity index (χ4v) is 3.51. The van der Waals surface area contributed by atoms with Crippen molar-refractivity contribution in [3.05, 3.63) is 58.1 Å². The predicted octanol–water partition coefficient (Wildman–Crippen LogP) is 3.01. The number of amides is 1. The Morgan fingerprint density at radius 3 is 2.52 bits per heavy atom. The van der Waals surface area contributed by atoms with Crippen LogP contribution < -0.4 is 9.73 Å². The molecule has 0 bridgehead atoms. The van der Waals surface area contributed by atoms with E-state index in [0.717, 1.165) is 10.6 Å². The molecule has 0 saturated heterocycles. The molecule has 0 aliphatic rings. The van der Waals surface area contributed by atoms with Crippen molar-refractivity contribution < 1.29 is 18.3 Å². The number of hydrogen-bond acceptors (Lipinski definition) is 5. The molecular weight excluding hydrogens is 413 g/mol. The minimum atomic E-state index is -3.81. The lowest BCUT2D eigenvalue weighted by Gasteiger charge is -2.22. The minimum absolute atomic E-state index is 0.0106. The zero-order valence-electron chi connectivity index (χ0n) is 14.5. The SMILES string of the molecule is C/C(=N\NC(=O)CN(c1cc(Cl)ccc1Cl)S(C)(=O)=O)c1ccccc1O. The van der Waals surface area contributed by atoms with E-state index in [9.17, 15) is 18.3 Å². The molecule has 10 heteroatoms. The van der Waals surface area contributed by atoms with Crippen molar-refractivity contribution in [3.8, 4) is 5.75 Å². The lowest BCUT2D eigenvalue weighted by Crippen LogP contribution is -2.39. The van der Waals surface area contributed by atoms with Crippen LogP contribution in [0.4, 0.5) is 5.69 Å². The van der Waals surface area contributed by atoms with Gasteiger partial charge in [0.25, 0.3) is 5.91 Å². The Balaban J connectivity index is 2.21. The molecule has 2 aromatic rings. The van der Waals surface area contributed by atoms with Crippen LogP contribution in [0.2, 0.25) is 10.0 Å². The highest BCUT2D eigenvalue weighted by Crippen LogP contribution is 2.30. The Labute approximate surface area is 167 Å². The fraction of sp³-hybridized carbons (Fsp3) is 0.176. The van der Waals surface area contributed by atoms with Gasteiger partial charge in [-0.3, -0.25) is 9.10 Å². The van der Waals surface area contributed by atoms with Crippen molar-refractivity contribution in [1.82, 2.24) is 5.43 Å². The molecule has 0 fully saturated rings. The first-order chi connectivity index (χ1) is 12.6. The number of hydrazone groups is 1. The molecule has 0 atom stereocenters. The second kappa shape index (κ2) is 8.60. The molecule has 0 saturated carbocycles. The van der Waals surface area contributed by atoms with Gasteiger partial charge in [0.1, 0.15) is 12.3 Å². The van der Waals surface area contributed by atoms with Crippen LogP contribution in [0.5, 0.6) is 5.75 Å². The van der Waals surface area contributed by atoms with Crippen LogP contribution in [0.3, 0.4) is 0 Å². The van der Waals surface area contributed by atoms with E-state index in [0.29, 0.717) is 11.3 Å². The van der Waals surface area contributed by atoms with Gasteiger partial charge in [0.15, 0.2) is 0 Å². The zero-order valence-corrected chi connectivity index (χ0v) is 16.8. The molecule has 2 N–H and O–H groups in total. The number of benzene rings is 2. The summed E-state index contributed by atoms with van der Waals surface area (Å²) in [4.78, 5) is 12.2. The highest BCUT2D eigenvalue weighted by molar-refractivity contribution is 7.92. The van der Waals surface area contributed by atoms with Crippen molar-refractivity contribution in [2.24, 2.45) is 5.10 Å². The normalized spacial score (nSPS) is 11.9. The van der Waals surface area contributed by atoms with Crippen LogP contribution in [0.25, 0.3) is 0 Å². The topological polar surface area (TPSA) is 99.1 Å². The van der Waals surface area contributed by atoms with Crippen LogP contribution in [0.15, 0.2) is 47.6 Å². The molecule has 0 spiro atoms. The van der Waals surface area contributed by atoms with Gasteiger partial charge in [-0.2, -0.15) is 5.10 Å². The van der Waals surface area contributed by atoms with E-state index in [4.69, 9.17) is 23.2 Å². The summed E-state index contributed by atoms with van der Waals surface area (Å²) in [5.41, 5.74) is 3.15. The van der Waals surface area contributed by atoms with Crippen LogP contribution in [0.1, 0.15) is 12.5 Å². The van der Waals surface area contributed by atoms with Gasteiger partial charge in [-0.25, -0.2) is 13.8 Å². The van der Waals surface area contributed by atoms with Gasteiger partial charge in [-0.15, -0.1) is 0 Å². The molecule has 144 valence electrons. The summed E-state index contributed by atoms with van der Waals surface area (Å²) in [6.45, 7) is 1.05. The number of nitrogens with one attached hydrogen (secondary N) is 1. The summed E-state index contributed by atoms with van der Waals surface area (Å²) in [5, 5.41) is 14.1. The smallest absolute Gasteiger partial charge is 0.260 e. The third kappa shape index (κ3) is 5.59. The summed E-state index contributed by atoms with van der Waals surface area (Å²) >= 11 is 12.0. The number of carbonyl (C=O) groups excluding carboxylic acids is 1. The third-order valence-electron chi connectivity index (χ3n) is 3.51. The number of phenols is 1. The van der Waals surface area contributed by atoms with Crippen molar-refractivity contribution >= 4 is 50.5 Å². The van der Waals surface area contributed by atoms with E-state index in [-0.39, 0.29) is 21.5 Å². The van der Waals surface area contributed by atoms with Gasteiger partial charge in [0.05, 0.1) is 22.7 Å². The van der Waals surface area contributed by atoms with Gasteiger partial charge in [-0.1, -0.05) is 35.3 Å². The average molecular weight is 430 g/mol. The van der Waals surface area contributed by atoms with E-state index >= 15 is 0 Å². The van der Waals surface area contributed by atoms with Gasteiger partial charge >= 0.3 is 0 Å². The first-order valence-corrected chi connectivity index (χ1v) is 10.2. The molecule has 1 amide bonds. The van der Waals surface area contributed by atoms with E-state index in [1.54, 1.807) is 25.1 Å². The zero-order chi connectivity index (χ0) is 20.2. The molecule has 0 aliphatic heterocycles. The van der Waals surface area contributed by atoms with Crippen molar-refractivity contribution in [2.45, 2.75) is 6.92 Å². The Kier molecular flexibility index (Phi) is 6.69. The fourth-order valence-electron chi connectivity index (χ4n) is 2.21. The van der Waals surface area contributed by atoms with E-state index in [1.165, 1.54) is 24.3 Å². The van der Waals surface area contributed by atoms with Crippen LogP contribution in [-0.4, -0.2) is 37.9 Å². The number of halogens is 2. The lowest BCUT2D eigenvalue weighted by molar-refractivity contribution is -0.119. The summed E-state index contributed by atoms with van der Waals surface area (Å²) in [7, 11) is -3.81. The predicted molar refractivity (Wildman–Crippen MR) is 107 cm³/mol. The quantitative estimate of drug-likeness (QED) is 0.544. The molecule has 2 aromatic carbocycles. The van der Waals surface area contributed by atoms with E-state index in [1.807, 2.05) is 0 Å². The molecule has 0 unspecified atom stereocenters. The monoisotopic (exact) mass is 429 g/mol. The second-order valence-electron chi connectivity index (χ2n) is 5.61. The minimum Gasteiger partial charge on any atom is -0.507 e. The number of anilines is 1. The number of nitrogens with zero attached hydrogens (tertiary/aromatic N) is 2. The maximum atomic E-state index is 12.2. The maximum Gasteiger partial charge on any atom is 0.260 e. The number of phenolic OH excluding ortho intramolecular Hbond substituents is 1. The molecule has 0 aliphatic carbocycles. The Bertz CT molecular complexity index is 993. The van der Waals surface area contributed by atoms with Crippen molar-refractivity contribution in [2.75, 3.05) is 17.1 Å². The van der Waals surface area contributed by atoms with Gasteiger partial charge in [0.2, 0.25) is 10.0 Å². The number of rotatable bonds is 6. The molecule has 0 heterocycles. The summed E-state index contributed by atoms with van der Waals surface area (Å²) in [6, 6.07) is 10.8. The molecule has 7 nitrogen and oxygen atoms in total. The molecule has 2 rings (SSSR count). The second-order valence-corrected chi connectivity index (χ2v) is 8.37. The van der Waals surface area contributed by atoms with E-state index < -0.39 is 22.5 Å². The standard InChI is InChI=1S/C17H17Cl2N3O4S/c1-11(13-5-3-4-6-16(13)23)20-21-17(24)10-22(27(2,25)26)15-9-12(18)7-8-14(15)19/h3-9,23H,10H2,1-2H3,(H,21,24)/b20-11+. The Morgan fingerprint density at radius 1 is 1.22 bits per heavy atom. The number of sulfonamides is 1. The largest absolute Gasteiger partial charge is 0.507 e. The molecular formula is C17H17Cl2N3O4S. The Morgan fingerprint density at radius 2 is 1.89 bits per heavy atom. The average Bonchev–Trinajstić information content (AvgIpc) is 2.59. The van der Waals surface area contributed by atoms with Crippen LogP contribution >= 0.6 is 23.2 Å². The van der Waals surface area contributed by atoms with Crippen molar-refractivity contribution in [1.29, 1.82) is 0 Å². The first kappa shape index (κ1) is 21.0. The summed E-state index contributed by atoms with van der Waals surface area (Å²) in [5.74, 6) is -0.678. The number of para-hydroxylation sites is 1. The molecule has 27 heavy (non-hydrogen) atoms. The van der Waals surface area contributed by atoms with Gasteiger partial charge in [-0.05, 0) is 37.3 Å². The molecule has 0 aromatic heterocycles. The highest BCUT2D eigenvalue weighted by Gasteiger charge is 2.23. The highest BCUT2D eigenvalue weighted by atomic mass is 35.5. The number of carbonyl (C=O) groups is 1. The first-order valence-electron chi connectivity index (χ1n) is 7.64. The lowest BCUT2D eigenvalue weighted by atomic mass is 10.1. The Hall–Kier alpha value is -2.29. The van der Waals surface area contributed by atoms with Crippen molar-refractivity contribution in [3.63, 3.8) is 0 Å². The van der Waals surface area contributed by atoms with Gasteiger partial charge in [0, 0.05) is 10.6 Å². The van der Waals surface area contributed by atoms with Gasteiger partial charge < -0.3 is 5.11 Å². The summed E-state index contributed by atoms with van der Waals surface area (Å²) in [6.07, 6.45) is 0.952. The maximum absolute atomic E-state index is 12.2. The van der Waals surface area contributed by atoms with Crippen LogP contribution in [-0.2, 0) is 14.8 Å². The number of hydrogen-bond donors (Lipinski definition) is 2. The van der Waals surface area contributed by atoms with Crippen LogP contribution in [0, 0.1) is 0 Å². The third-order valence-corrected chi connectivity index (χ3v) is 5.19. The van der Waals surface area contributed by atoms with E-state index in [2.05, 4.69) is 10.5 Å². The summed E-state index contributed by atoms with van der Waals surface area (Å²) < 4.78 is 25.1. The molecule has 0 radical (unpaired) electrons.